The van der Waals surface area contributed by atoms with Crippen molar-refractivity contribution in [3.05, 3.63) is 30.5 Å². The summed E-state index contributed by atoms with van der Waals surface area (Å²) in [5, 5.41) is 19.2. The molecule has 2 aromatic rings. The molecule has 1 aromatic heterocycles. The summed E-state index contributed by atoms with van der Waals surface area (Å²) in [6.07, 6.45) is 1.95. The van der Waals surface area contributed by atoms with E-state index in [9.17, 15) is 0 Å². The van der Waals surface area contributed by atoms with Gasteiger partial charge in [-0.3, -0.25) is 0 Å². The third-order valence-corrected chi connectivity index (χ3v) is 2.47. The molecule has 1 aromatic carbocycles. The van der Waals surface area contributed by atoms with E-state index in [2.05, 4.69) is 11.5 Å². The fourth-order valence-electron chi connectivity index (χ4n) is 1.75. The van der Waals surface area contributed by atoms with Crippen molar-refractivity contribution in [2.24, 2.45) is 0 Å². The van der Waals surface area contributed by atoms with Gasteiger partial charge >= 0.3 is 7.12 Å². The lowest BCUT2D eigenvalue weighted by Gasteiger charge is -2.03. The Morgan fingerprint density at radius 2 is 2.07 bits per heavy atom. The molecule has 1 heterocycles. The molecule has 0 aliphatic heterocycles. The molecule has 0 bridgehead atoms. The predicted octanol–water partition coefficient (Wildman–Crippen LogP) is 0.341. The number of hydrogen-bond acceptors (Lipinski definition) is 2. The largest absolute Gasteiger partial charge is 0.489 e. The minimum Gasteiger partial charge on any atom is -0.423 e. The highest BCUT2D eigenvalue weighted by atomic mass is 16.4. The van der Waals surface area contributed by atoms with E-state index in [1.165, 1.54) is 0 Å². The molecule has 2 N–H and O–H groups in total. The summed E-state index contributed by atoms with van der Waals surface area (Å²) in [5.41, 5.74) is 1.60. The van der Waals surface area contributed by atoms with Crippen LogP contribution in [-0.2, 0) is 6.54 Å². The van der Waals surface area contributed by atoms with Gasteiger partial charge in [0.1, 0.15) is 0 Å². The Hall–Kier alpha value is -1.26. The van der Waals surface area contributed by atoms with E-state index < -0.39 is 7.12 Å². The Morgan fingerprint density at radius 3 is 2.71 bits per heavy atom. The Balaban J connectivity index is 2.70. The first kappa shape index (κ1) is 9.31. The number of aryl methyl sites for hydroxylation is 1. The molecule has 0 radical (unpaired) electrons. The molecule has 3 nitrogen and oxygen atoms in total. The van der Waals surface area contributed by atoms with E-state index in [4.69, 9.17) is 10.0 Å². The number of benzene rings is 1. The third-order valence-electron chi connectivity index (χ3n) is 2.47. The first-order chi connectivity index (χ1) is 6.74. The van der Waals surface area contributed by atoms with Crippen molar-refractivity contribution in [2.75, 3.05) is 0 Å². The molecule has 72 valence electrons. The lowest BCUT2D eigenvalue weighted by molar-refractivity contribution is 0.426. The summed E-state index contributed by atoms with van der Waals surface area (Å²) in [5.74, 6) is 0. The Labute approximate surface area is 82.7 Å². The average Bonchev–Trinajstić information content (AvgIpc) is 2.59. The van der Waals surface area contributed by atoms with Crippen LogP contribution in [0.15, 0.2) is 30.5 Å². The maximum absolute atomic E-state index is 9.15. The highest BCUT2D eigenvalue weighted by Crippen LogP contribution is 2.13. The van der Waals surface area contributed by atoms with E-state index >= 15 is 0 Å². The summed E-state index contributed by atoms with van der Waals surface area (Å²) in [6.45, 7) is 2.94. The minimum atomic E-state index is -1.40. The van der Waals surface area contributed by atoms with Gasteiger partial charge in [0, 0.05) is 18.3 Å². The number of rotatable bonds is 2. The summed E-state index contributed by atoms with van der Waals surface area (Å²) in [6, 6.07) is 7.45. The van der Waals surface area contributed by atoms with Crippen LogP contribution >= 0.6 is 0 Å². The molecule has 0 aliphatic carbocycles. The molecule has 0 unspecified atom stereocenters. The second kappa shape index (κ2) is 3.48. The lowest BCUT2D eigenvalue weighted by Crippen LogP contribution is -2.30. The molecular weight excluding hydrogens is 177 g/mol. The van der Waals surface area contributed by atoms with E-state index in [1.54, 1.807) is 6.07 Å². The lowest BCUT2D eigenvalue weighted by atomic mass is 9.78. The maximum Gasteiger partial charge on any atom is 0.489 e. The van der Waals surface area contributed by atoms with Gasteiger partial charge in [0.15, 0.2) is 0 Å². The molecule has 0 saturated carbocycles. The van der Waals surface area contributed by atoms with Crippen LogP contribution in [0.2, 0.25) is 0 Å². The SMILES string of the molecule is CCn1ccc2c(B(O)O)cccc21. The number of hydrogen-bond donors (Lipinski definition) is 2. The molecule has 14 heavy (non-hydrogen) atoms. The number of nitrogens with zero attached hydrogens (tertiary/aromatic N) is 1. The second-order valence-electron chi connectivity index (χ2n) is 3.26. The zero-order valence-electron chi connectivity index (χ0n) is 8.01. The maximum atomic E-state index is 9.15. The Morgan fingerprint density at radius 1 is 1.29 bits per heavy atom. The van der Waals surface area contributed by atoms with Crippen LogP contribution in [0.3, 0.4) is 0 Å². The first-order valence-corrected chi connectivity index (χ1v) is 4.68. The van der Waals surface area contributed by atoms with Crippen molar-refractivity contribution < 1.29 is 10.0 Å². The van der Waals surface area contributed by atoms with Crippen molar-refractivity contribution in [1.29, 1.82) is 0 Å². The molecular formula is C10H12BNO2. The molecule has 0 saturated heterocycles. The third kappa shape index (κ3) is 1.33. The zero-order chi connectivity index (χ0) is 10.1. The molecule has 0 spiro atoms. The van der Waals surface area contributed by atoms with Gasteiger partial charge in [0.2, 0.25) is 0 Å². The van der Waals surface area contributed by atoms with Crippen LogP contribution < -0.4 is 5.46 Å². The van der Waals surface area contributed by atoms with E-state index in [-0.39, 0.29) is 0 Å². The van der Waals surface area contributed by atoms with Crippen molar-refractivity contribution in [3.63, 3.8) is 0 Å². The number of aromatic nitrogens is 1. The molecule has 0 atom stereocenters. The van der Waals surface area contributed by atoms with E-state index in [0.29, 0.717) is 5.46 Å². The number of fused-ring (bicyclic) bond motifs is 1. The van der Waals surface area contributed by atoms with Crippen LogP contribution in [0.1, 0.15) is 6.92 Å². The fraction of sp³-hybridized carbons (Fsp3) is 0.200. The normalized spacial score (nSPS) is 10.8. The van der Waals surface area contributed by atoms with Gasteiger partial charge in [-0.05, 0) is 29.9 Å². The monoisotopic (exact) mass is 189 g/mol. The quantitative estimate of drug-likeness (QED) is 0.669. The Bertz CT molecular complexity index is 450. The molecule has 0 aliphatic rings. The van der Waals surface area contributed by atoms with Crippen LogP contribution in [0.25, 0.3) is 10.9 Å². The minimum absolute atomic E-state index is 0.565. The molecule has 4 heteroatoms. The van der Waals surface area contributed by atoms with E-state index in [0.717, 1.165) is 17.4 Å². The van der Waals surface area contributed by atoms with Gasteiger partial charge in [-0.25, -0.2) is 0 Å². The molecule has 0 amide bonds. The van der Waals surface area contributed by atoms with Gasteiger partial charge in [-0.2, -0.15) is 0 Å². The fourth-order valence-corrected chi connectivity index (χ4v) is 1.75. The van der Waals surface area contributed by atoms with Crippen molar-refractivity contribution in [3.8, 4) is 0 Å². The summed E-state index contributed by atoms with van der Waals surface area (Å²) >= 11 is 0. The van der Waals surface area contributed by atoms with Crippen LogP contribution in [-0.4, -0.2) is 21.7 Å². The molecule has 0 fully saturated rings. The van der Waals surface area contributed by atoms with Gasteiger partial charge in [0.25, 0.3) is 0 Å². The highest BCUT2D eigenvalue weighted by Gasteiger charge is 2.15. The van der Waals surface area contributed by atoms with Crippen molar-refractivity contribution >= 4 is 23.5 Å². The van der Waals surface area contributed by atoms with Crippen molar-refractivity contribution in [2.45, 2.75) is 13.5 Å². The van der Waals surface area contributed by atoms with Crippen molar-refractivity contribution in [1.82, 2.24) is 4.57 Å². The molecule has 2 rings (SSSR count). The van der Waals surface area contributed by atoms with Crippen LogP contribution in [0, 0.1) is 0 Å². The van der Waals surface area contributed by atoms with Gasteiger partial charge in [0.05, 0.1) is 0 Å². The van der Waals surface area contributed by atoms with Gasteiger partial charge in [-0.15, -0.1) is 0 Å². The summed E-state index contributed by atoms with van der Waals surface area (Å²) in [4.78, 5) is 0. The summed E-state index contributed by atoms with van der Waals surface area (Å²) < 4.78 is 2.07. The average molecular weight is 189 g/mol. The predicted molar refractivity (Wildman–Crippen MR) is 57.4 cm³/mol. The second-order valence-corrected chi connectivity index (χ2v) is 3.26. The highest BCUT2D eigenvalue weighted by molar-refractivity contribution is 6.61. The smallest absolute Gasteiger partial charge is 0.423 e. The van der Waals surface area contributed by atoms with Crippen LogP contribution in [0.4, 0.5) is 0 Å². The Kier molecular flexibility index (Phi) is 2.31. The van der Waals surface area contributed by atoms with Gasteiger partial charge in [-0.1, -0.05) is 12.1 Å². The van der Waals surface area contributed by atoms with E-state index in [1.807, 2.05) is 24.4 Å². The first-order valence-electron chi connectivity index (χ1n) is 4.68. The topological polar surface area (TPSA) is 45.4 Å². The van der Waals surface area contributed by atoms with Crippen LogP contribution in [0.5, 0.6) is 0 Å². The standard InChI is InChI=1S/C10H12BNO2/c1-2-12-7-6-8-9(11(13)14)4-3-5-10(8)12/h3-7,13-14H,2H2,1H3. The van der Waals surface area contributed by atoms with Gasteiger partial charge < -0.3 is 14.6 Å². The summed E-state index contributed by atoms with van der Waals surface area (Å²) in [7, 11) is -1.40. The zero-order valence-corrected chi connectivity index (χ0v) is 8.01.